The fourth-order valence-corrected chi connectivity index (χ4v) is 7.94. The predicted octanol–water partition coefficient (Wildman–Crippen LogP) is 1.21. The van der Waals surface area contributed by atoms with Crippen LogP contribution in [0.5, 0.6) is 0 Å². The second kappa shape index (κ2) is 14.4. The molecule has 0 spiro atoms. The molecule has 2 saturated heterocycles. The Morgan fingerprint density at radius 3 is 2.61 bits per heavy atom. The van der Waals surface area contributed by atoms with Gasteiger partial charge >= 0.3 is 24.0 Å². The molecule has 4 N–H and O–H groups in total. The van der Waals surface area contributed by atoms with Crippen LogP contribution in [-0.4, -0.2) is 111 Å². The summed E-state index contributed by atoms with van der Waals surface area (Å²) in [4.78, 5) is 72.1. The summed E-state index contributed by atoms with van der Waals surface area (Å²) in [6.45, 7) is 1.02. The summed E-state index contributed by atoms with van der Waals surface area (Å²) in [5.74, 6) is -6.34. The molecule has 0 saturated carbocycles. The molecule has 260 valence electrons. The Labute approximate surface area is 285 Å². The average Bonchev–Trinajstić information content (AvgIpc) is 3.69. The number of aliphatic carboxylic acids is 2. The highest BCUT2D eigenvalue weighted by atomic mass is 32.2. The van der Waals surface area contributed by atoms with Crippen LogP contribution in [-0.2, 0) is 42.0 Å². The number of amides is 3. The molecule has 3 atom stereocenters. The molecule has 23 heteroatoms. The summed E-state index contributed by atoms with van der Waals surface area (Å²) in [7, 11) is 0. The van der Waals surface area contributed by atoms with Gasteiger partial charge in [-0.15, -0.1) is 28.2 Å². The number of carbonyl (C=O) groups excluding carboxylic acids is 3. The first kappa shape index (κ1) is 35.5. The number of halogens is 3. The van der Waals surface area contributed by atoms with E-state index in [1.807, 2.05) is 19.1 Å². The lowest BCUT2D eigenvalue weighted by molar-refractivity contribution is -0.167. The summed E-state index contributed by atoms with van der Waals surface area (Å²) in [5, 5.41) is 38.0. The summed E-state index contributed by atoms with van der Waals surface area (Å²) < 4.78 is 39.3. The highest BCUT2D eigenvalue weighted by Gasteiger charge is 2.57. The van der Waals surface area contributed by atoms with E-state index in [2.05, 4.69) is 31.0 Å². The number of anilines is 1. The van der Waals surface area contributed by atoms with Crippen LogP contribution in [0.2, 0.25) is 0 Å². The number of benzene rings is 1. The van der Waals surface area contributed by atoms with Gasteiger partial charge in [-0.05, 0) is 22.9 Å². The predicted molar refractivity (Wildman–Crippen MR) is 165 cm³/mol. The molecule has 2 aromatic heterocycles. The summed E-state index contributed by atoms with van der Waals surface area (Å²) >= 11 is 2.62. The number of tetrazole rings is 1. The quantitative estimate of drug-likeness (QED) is 0.0835. The minimum absolute atomic E-state index is 0.00556. The van der Waals surface area contributed by atoms with Gasteiger partial charge in [0.15, 0.2) is 10.8 Å². The molecule has 17 nitrogen and oxygen atoms in total. The SMILES string of the molecule is Cc1ccc(CON=C(C(=O)NC2C(=O)N3CC(CSc4nnnn4CC(=O)O)(C(=O)O)CS[C@H]23)c2csc(NC(=O)C(F)(F)F)n2)cc1. The van der Waals surface area contributed by atoms with Gasteiger partial charge in [0, 0.05) is 23.4 Å². The van der Waals surface area contributed by atoms with Gasteiger partial charge in [0.1, 0.15) is 35.7 Å². The monoisotopic (exact) mass is 743 g/mol. The number of carboxylic acid groups (broad SMARTS) is 2. The van der Waals surface area contributed by atoms with Gasteiger partial charge < -0.3 is 25.3 Å². The first-order valence-corrected chi connectivity index (χ1v) is 16.7. The Bertz CT molecular complexity index is 1800. The van der Waals surface area contributed by atoms with E-state index in [1.54, 1.807) is 17.4 Å². The molecule has 2 aliphatic rings. The van der Waals surface area contributed by atoms with Crippen LogP contribution >= 0.6 is 34.9 Å². The number of nitrogens with one attached hydrogen (secondary N) is 2. The van der Waals surface area contributed by atoms with Crippen LogP contribution in [0.1, 0.15) is 16.8 Å². The molecule has 0 radical (unpaired) electrons. The topological polar surface area (TPSA) is 231 Å². The van der Waals surface area contributed by atoms with Crippen LogP contribution < -0.4 is 10.6 Å². The molecule has 2 aliphatic heterocycles. The number of thioether (sulfide) groups is 2. The minimum Gasteiger partial charge on any atom is -0.481 e. The van der Waals surface area contributed by atoms with Crippen LogP contribution in [0.25, 0.3) is 0 Å². The first-order valence-electron chi connectivity index (χ1n) is 13.8. The van der Waals surface area contributed by atoms with Crippen LogP contribution in [0.3, 0.4) is 0 Å². The number of aromatic nitrogens is 5. The van der Waals surface area contributed by atoms with Crippen molar-refractivity contribution >= 4 is 75.4 Å². The van der Waals surface area contributed by atoms with E-state index in [-0.39, 0.29) is 35.5 Å². The first-order chi connectivity index (χ1) is 23.2. The van der Waals surface area contributed by atoms with Gasteiger partial charge in [0.05, 0.1) is 0 Å². The van der Waals surface area contributed by atoms with Gasteiger partial charge in [-0.1, -0.05) is 46.7 Å². The zero-order valence-corrected chi connectivity index (χ0v) is 27.4. The summed E-state index contributed by atoms with van der Waals surface area (Å²) in [6, 6.07) is 6.04. The van der Waals surface area contributed by atoms with Crippen molar-refractivity contribution in [1.82, 2.24) is 35.4 Å². The Hall–Kier alpha value is -4.77. The van der Waals surface area contributed by atoms with Crippen molar-refractivity contribution in [3.8, 4) is 0 Å². The minimum atomic E-state index is -5.18. The van der Waals surface area contributed by atoms with Crippen molar-refractivity contribution in [2.75, 3.05) is 23.4 Å². The van der Waals surface area contributed by atoms with Crippen molar-refractivity contribution in [2.24, 2.45) is 10.6 Å². The van der Waals surface area contributed by atoms with Crippen molar-refractivity contribution < 1.29 is 52.2 Å². The van der Waals surface area contributed by atoms with Crippen molar-refractivity contribution in [1.29, 1.82) is 0 Å². The van der Waals surface area contributed by atoms with Crippen LogP contribution in [0.15, 0.2) is 40.0 Å². The third-order valence-corrected chi connectivity index (χ3v) is 10.7. The molecule has 1 aromatic carbocycles. The van der Waals surface area contributed by atoms with E-state index < -0.39 is 70.1 Å². The molecule has 4 heterocycles. The molecule has 3 aromatic rings. The number of rotatable bonds is 13. The van der Waals surface area contributed by atoms with Crippen LogP contribution in [0, 0.1) is 12.3 Å². The third-order valence-electron chi connectivity index (χ3n) is 7.09. The number of thiazole rings is 1. The average molecular weight is 744 g/mol. The van der Waals surface area contributed by atoms with Crippen molar-refractivity contribution in [2.45, 2.75) is 42.8 Å². The van der Waals surface area contributed by atoms with E-state index >= 15 is 0 Å². The Morgan fingerprint density at radius 2 is 1.94 bits per heavy atom. The summed E-state index contributed by atoms with van der Waals surface area (Å²) in [5.41, 5.74) is -0.522. The van der Waals surface area contributed by atoms with Gasteiger partial charge in [0.25, 0.3) is 5.91 Å². The van der Waals surface area contributed by atoms with Gasteiger partial charge in [-0.25, -0.2) is 9.67 Å². The number of carboxylic acids is 2. The number of oxime groups is 1. The normalized spacial score (nSPS) is 20.6. The van der Waals surface area contributed by atoms with Crippen molar-refractivity contribution in [3.63, 3.8) is 0 Å². The zero-order valence-electron chi connectivity index (χ0n) is 24.9. The fourth-order valence-electron chi connectivity index (χ4n) is 4.51. The molecular formula is C26H24F3N9O8S3. The summed E-state index contributed by atoms with van der Waals surface area (Å²) in [6.07, 6.45) is -5.18. The molecular weight excluding hydrogens is 720 g/mol. The number of nitrogens with zero attached hydrogens (tertiary/aromatic N) is 7. The number of hydrogen-bond donors (Lipinski definition) is 4. The van der Waals surface area contributed by atoms with E-state index in [4.69, 9.17) is 9.94 Å². The molecule has 0 bridgehead atoms. The van der Waals surface area contributed by atoms with E-state index in [0.717, 1.165) is 33.8 Å². The van der Waals surface area contributed by atoms with Crippen LogP contribution in [0.4, 0.5) is 18.3 Å². The second-order valence-corrected chi connectivity index (χ2v) is 13.6. The van der Waals surface area contributed by atoms with E-state index in [0.29, 0.717) is 16.9 Å². The lowest BCUT2D eigenvalue weighted by Gasteiger charge is -2.53. The molecule has 5 rings (SSSR count). The molecule has 49 heavy (non-hydrogen) atoms. The Morgan fingerprint density at radius 1 is 1.20 bits per heavy atom. The van der Waals surface area contributed by atoms with E-state index in [1.165, 1.54) is 10.3 Å². The Balaban J connectivity index is 1.28. The maximum absolute atomic E-state index is 13.5. The molecule has 2 unspecified atom stereocenters. The van der Waals surface area contributed by atoms with Crippen molar-refractivity contribution in [3.05, 3.63) is 46.5 Å². The number of hydrogen-bond acceptors (Lipinski definition) is 14. The smallest absolute Gasteiger partial charge is 0.471 e. The maximum atomic E-state index is 13.5. The highest BCUT2D eigenvalue weighted by molar-refractivity contribution is 8.00. The van der Waals surface area contributed by atoms with Gasteiger partial charge in [0.2, 0.25) is 11.1 Å². The number of β-lactam (4-membered cyclic amide) rings is 1. The zero-order chi connectivity index (χ0) is 35.5. The number of carbonyl (C=O) groups is 5. The molecule has 3 amide bonds. The number of aryl methyl sites for hydroxylation is 1. The standard InChI is InChI=1S/C26H24F3N9O8S3/c1-12-2-4-13(5-3-12)7-46-34-16(14-8-47-23(30-14)32-21(43)26(27,28)29)18(41)31-17-19(42)37-9-25(22(44)45,10-48-20(17)37)11-49-24-33-35-36-38(24)6-15(39)40/h2-5,8,17,20H,6-7,9-11H2,1H3,(H,31,41)(H,39,40)(H,44,45)(H,30,32,43)/t17?,20-,25?/m1/s1. The largest absolute Gasteiger partial charge is 0.481 e. The number of fused-ring (bicyclic) bond motifs is 1. The fraction of sp³-hybridized carbons (Fsp3) is 0.385. The second-order valence-electron chi connectivity index (χ2n) is 10.7. The molecule has 0 aliphatic carbocycles. The lowest BCUT2D eigenvalue weighted by atomic mass is 9.89. The third kappa shape index (κ3) is 8.10. The lowest BCUT2D eigenvalue weighted by Crippen LogP contribution is -2.74. The molecule has 2 fully saturated rings. The van der Waals surface area contributed by atoms with Gasteiger partial charge in [-0.3, -0.25) is 29.3 Å². The maximum Gasteiger partial charge on any atom is 0.471 e. The van der Waals surface area contributed by atoms with Gasteiger partial charge in [-0.2, -0.15) is 13.2 Å². The van der Waals surface area contributed by atoms with E-state index in [9.17, 15) is 42.3 Å². The Kier molecular flexibility index (Phi) is 10.4. The highest BCUT2D eigenvalue weighted by Crippen LogP contribution is 2.44. The number of alkyl halides is 3.